The monoisotopic (exact) mass is 439 g/mol. The minimum absolute atomic E-state index is 0.0163. The van der Waals surface area contributed by atoms with Gasteiger partial charge in [-0.05, 0) is 24.5 Å². The van der Waals surface area contributed by atoms with Gasteiger partial charge in [0.05, 0.1) is 13.2 Å². The minimum Gasteiger partial charge on any atom is -0.496 e. The summed E-state index contributed by atoms with van der Waals surface area (Å²) in [4.78, 5) is 28.9. The third kappa shape index (κ3) is 6.99. The predicted molar refractivity (Wildman–Crippen MR) is 123 cm³/mol. The van der Waals surface area contributed by atoms with Crippen LogP contribution in [0.5, 0.6) is 5.75 Å². The molecule has 7 heteroatoms. The molecule has 0 aliphatic carbocycles. The Labute approximate surface area is 190 Å². The van der Waals surface area contributed by atoms with Gasteiger partial charge in [0.2, 0.25) is 5.91 Å². The molecule has 32 heavy (non-hydrogen) atoms. The Morgan fingerprint density at radius 2 is 1.84 bits per heavy atom. The molecule has 1 aliphatic heterocycles. The molecule has 0 bridgehead atoms. The molecule has 7 nitrogen and oxygen atoms in total. The van der Waals surface area contributed by atoms with E-state index in [1.54, 1.807) is 19.1 Å². The summed E-state index contributed by atoms with van der Waals surface area (Å²) in [5.74, 6) is 0.742. The molecule has 2 aromatic rings. The lowest BCUT2D eigenvalue weighted by Crippen LogP contribution is -2.41. The summed E-state index contributed by atoms with van der Waals surface area (Å²) >= 11 is 0. The second-order valence-electron chi connectivity index (χ2n) is 8.04. The Morgan fingerprint density at radius 1 is 1.09 bits per heavy atom. The van der Waals surface area contributed by atoms with Crippen molar-refractivity contribution in [1.29, 1.82) is 0 Å². The van der Waals surface area contributed by atoms with Crippen molar-refractivity contribution in [2.24, 2.45) is 0 Å². The highest BCUT2D eigenvalue weighted by Crippen LogP contribution is 2.21. The number of hydrogen-bond donors (Lipinski definition) is 1. The van der Waals surface area contributed by atoms with Crippen molar-refractivity contribution in [3.63, 3.8) is 0 Å². The fraction of sp³-hybridized carbons (Fsp3) is 0.440. The predicted octanol–water partition coefficient (Wildman–Crippen LogP) is 3.43. The summed E-state index contributed by atoms with van der Waals surface area (Å²) in [6.07, 6.45) is 2.26. The first-order valence-corrected chi connectivity index (χ1v) is 11.1. The second kappa shape index (κ2) is 12.1. The smallest absolute Gasteiger partial charge is 0.317 e. The highest BCUT2D eigenvalue weighted by atomic mass is 16.5. The average Bonchev–Trinajstić information content (AvgIpc) is 3.32. The van der Waals surface area contributed by atoms with E-state index >= 15 is 0 Å². The highest BCUT2D eigenvalue weighted by molar-refractivity contribution is 5.78. The van der Waals surface area contributed by atoms with E-state index in [0.717, 1.165) is 36.3 Å². The van der Waals surface area contributed by atoms with Crippen LogP contribution < -0.4 is 10.1 Å². The van der Waals surface area contributed by atoms with Crippen LogP contribution in [0.4, 0.5) is 4.79 Å². The van der Waals surface area contributed by atoms with E-state index in [9.17, 15) is 9.59 Å². The summed E-state index contributed by atoms with van der Waals surface area (Å²) in [6, 6.07) is 17.3. The van der Waals surface area contributed by atoms with Gasteiger partial charge < -0.3 is 24.6 Å². The van der Waals surface area contributed by atoms with Crippen molar-refractivity contribution in [3.05, 3.63) is 65.7 Å². The van der Waals surface area contributed by atoms with Gasteiger partial charge in [0.15, 0.2) is 0 Å². The molecule has 1 saturated heterocycles. The first-order chi connectivity index (χ1) is 15.6. The van der Waals surface area contributed by atoms with Crippen LogP contribution in [-0.4, -0.2) is 61.7 Å². The maximum absolute atomic E-state index is 13.0. The normalized spacial score (nSPS) is 15.2. The second-order valence-corrected chi connectivity index (χ2v) is 8.04. The van der Waals surface area contributed by atoms with Crippen LogP contribution in [-0.2, 0) is 22.6 Å². The zero-order chi connectivity index (χ0) is 22.8. The van der Waals surface area contributed by atoms with Gasteiger partial charge in [-0.1, -0.05) is 48.5 Å². The van der Waals surface area contributed by atoms with Crippen molar-refractivity contribution in [2.45, 2.75) is 38.5 Å². The summed E-state index contributed by atoms with van der Waals surface area (Å²) < 4.78 is 11.2. The lowest BCUT2D eigenvalue weighted by Gasteiger charge is -2.26. The maximum atomic E-state index is 13.0. The van der Waals surface area contributed by atoms with Crippen molar-refractivity contribution in [2.75, 3.05) is 33.9 Å². The molecule has 0 saturated carbocycles. The van der Waals surface area contributed by atoms with Gasteiger partial charge in [0.1, 0.15) is 5.75 Å². The zero-order valence-electron chi connectivity index (χ0n) is 19.0. The van der Waals surface area contributed by atoms with Crippen molar-refractivity contribution < 1.29 is 19.1 Å². The molecule has 3 amide bonds. The molecule has 1 aliphatic rings. The number of carbonyl (C=O) groups is 2. The van der Waals surface area contributed by atoms with Gasteiger partial charge in [-0.3, -0.25) is 4.79 Å². The topological polar surface area (TPSA) is 71.1 Å². The average molecular weight is 440 g/mol. The van der Waals surface area contributed by atoms with Crippen molar-refractivity contribution in [1.82, 2.24) is 15.1 Å². The molecule has 0 radical (unpaired) electrons. The van der Waals surface area contributed by atoms with Gasteiger partial charge in [-0.25, -0.2) is 4.79 Å². The number of benzene rings is 2. The number of nitrogens with one attached hydrogen (secondary N) is 1. The number of nitrogens with zero attached hydrogens (tertiary/aromatic N) is 2. The maximum Gasteiger partial charge on any atom is 0.317 e. The standard InChI is InChI=1S/C25H33N3O4/c1-27(17-20-9-4-3-5-10-20)25(30)26-15-14-24(29)28(19-22-12-8-16-32-22)18-21-11-6-7-13-23(21)31-2/h3-7,9-11,13,22H,8,12,14-19H2,1-2H3,(H,26,30). The number of rotatable bonds is 10. The van der Waals surface area contributed by atoms with E-state index in [1.165, 1.54) is 0 Å². The van der Waals surface area contributed by atoms with Crippen LogP contribution in [0.15, 0.2) is 54.6 Å². The molecule has 2 aromatic carbocycles. The highest BCUT2D eigenvalue weighted by Gasteiger charge is 2.23. The molecular weight excluding hydrogens is 406 g/mol. The number of ether oxygens (including phenoxy) is 2. The van der Waals surface area contributed by atoms with E-state index < -0.39 is 0 Å². The summed E-state index contributed by atoms with van der Waals surface area (Å²) in [6.45, 7) is 2.53. The first kappa shape index (κ1) is 23.6. The minimum atomic E-state index is -0.197. The summed E-state index contributed by atoms with van der Waals surface area (Å²) in [5, 5.41) is 2.85. The van der Waals surface area contributed by atoms with Gasteiger partial charge in [0.25, 0.3) is 0 Å². The fourth-order valence-electron chi connectivity index (χ4n) is 3.83. The molecule has 1 atom stereocenters. The van der Waals surface area contributed by atoms with Gasteiger partial charge in [-0.15, -0.1) is 0 Å². The molecule has 1 heterocycles. The Kier molecular flexibility index (Phi) is 8.92. The van der Waals surface area contributed by atoms with Crippen LogP contribution in [0.2, 0.25) is 0 Å². The van der Waals surface area contributed by atoms with Crippen LogP contribution in [0.3, 0.4) is 0 Å². The third-order valence-corrected chi connectivity index (χ3v) is 5.58. The van der Waals surface area contributed by atoms with Crippen LogP contribution >= 0.6 is 0 Å². The Morgan fingerprint density at radius 3 is 2.56 bits per heavy atom. The Bertz CT molecular complexity index is 869. The van der Waals surface area contributed by atoms with Crippen LogP contribution in [0.25, 0.3) is 0 Å². The van der Waals surface area contributed by atoms with Crippen LogP contribution in [0, 0.1) is 0 Å². The zero-order valence-corrected chi connectivity index (χ0v) is 19.0. The van der Waals surface area contributed by atoms with Crippen molar-refractivity contribution >= 4 is 11.9 Å². The molecule has 0 spiro atoms. The lowest BCUT2D eigenvalue weighted by atomic mass is 10.1. The molecule has 172 valence electrons. The SMILES string of the molecule is COc1ccccc1CN(CC1CCCO1)C(=O)CCNC(=O)N(C)Cc1ccccc1. The van der Waals surface area contributed by atoms with Gasteiger partial charge in [0, 0.05) is 51.8 Å². The van der Waals surface area contributed by atoms with E-state index in [1.807, 2.05) is 59.5 Å². The summed E-state index contributed by atoms with van der Waals surface area (Å²) in [5.41, 5.74) is 2.01. The fourth-order valence-corrected chi connectivity index (χ4v) is 3.83. The number of para-hydroxylation sites is 1. The van der Waals surface area contributed by atoms with E-state index in [0.29, 0.717) is 19.6 Å². The number of amides is 3. The van der Waals surface area contributed by atoms with Crippen LogP contribution in [0.1, 0.15) is 30.4 Å². The number of carbonyl (C=O) groups excluding carboxylic acids is 2. The Hall–Kier alpha value is -3.06. The molecule has 0 aromatic heterocycles. The molecule has 1 N–H and O–H groups in total. The largest absolute Gasteiger partial charge is 0.496 e. The van der Waals surface area contributed by atoms with Gasteiger partial charge >= 0.3 is 6.03 Å². The molecule has 1 fully saturated rings. The number of hydrogen-bond acceptors (Lipinski definition) is 4. The van der Waals surface area contributed by atoms with E-state index in [2.05, 4.69) is 5.32 Å². The van der Waals surface area contributed by atoms with E-state index in [-0.39, 0.29) is 31.0 Å². The first-order valence-electron chi connectivity index (χ1n) is 11.1. The molecule has 3 rings (SSSR count). The summed E-state index contributed by atoms with van der Waals surface area (Å²) in [7, 11) is 3.38. The lowest BCUT2D eigenvalue weighted by molar-refractivity contribution is -0.133. The number of methoxy groups -OCH3 is 1. The number of urea groups is 1. The van der Waals surface area contributed by atoms with Crippen molar-refractivity contribution in [3.8, 4) is 5.75 Å². The third-order valence-electron chi connectivity index (χ3n) is 5.58. The Balaban J connectivity index is 1.53. The molecular formula is C25H33N3O4. The quantitative estimate of drug-likeness (QED) is 0.616. The van der Waals surface area contributed by atoms with E-state index in [4.69, 9.17) is 9.47 Å². The van der Waals surface area contributed by atoms with Gasteiger partial charge in [-0.2, -0.15) is 0 Å². The molecule has 1 unspecified atom stereocenters.